The van der Waals surface area contributed by atoms with Gasteiger partial charge in [-0.25, -0.2) is 4.98 Å². The SMILES string of the molecule is CCN(Cc1ccnc(Cl)c1)Cc1ccccn1. The Morgan fingerprint density at radius 2 is 2.00 bits per heavy atom. The second-order valence-corrected chi connectivity index (χ2v) is 4.50. The third-order valence-electron chi connectivity index (χ3n) is 2.76. The van der Waals surface area contributed by atoms with Crippen molar-refractivity contribution >= 4 is 11.6 Å². The first kappa shape index (κ1) is 13.0. The minimum absolute atomic E-state index is 0.543. The summed E-state index contributed by atoms with van der Waals surface area (Å²) >= 11 is 5.89. The molecular formula is C14H16ClN3. The van der Waals surface area contributed by atoms with Crippen molar-refractivity contribution < 1.29 is 0 Å². The van der Waals surface area contributed by atoms with Gasteiger partial charge in [0.25, 0.3) is 0 Å². The van der Waals surface area contributed by atoms with Crippen molar-refractivity contribution in [3.8, 4) is 0 Å². The lowest BCUT2D eigenvalue weighted by atomic mass is 10.2. The molecule has 0 saturated carbocycles. The van der Waals surface area contributed by atoms with Gasteiger partial charge in [-0.3, -0.25) is 9.88 Å². The summed E-state index contributed by atoms with van der Waals surface area (Å²) < 4.78 is 0. The van der Waals surface area contributed by atoms with Crippen LogP contribution in [0.3, 0.4) is 0 Å². The van der Waals surface area contributed by atoms with E-state index >= 15 is 0 Å². The van der Waals surface area contributed by atoms with Crippen molar-refractivity contribution in [1.82, 2.24) is 14.9 Å². The van der Waals surface area contributed by atoms with Gasteiger partial charge >= 0.3 is 0 Å². The van der Waals surface area contributed by atoms with Gasteiger partial charge in [0.15, 0.2) is 0 Å². The fourth-order valence-electron chi connectivity index (χ4n) is 1.80. The molecule has 0 atom stereocenters. The van der Waals surface area contributed by atoms with Crippen molar-refractivity contribution in [2.75, 3.05) is 6.54 Å². The Balaban J connectivity index is 2.01. The van der Waals surface area contributed by atoms with Crippen molar-refractivity contribution in [2.45, 2.75) is 20.0 Å². The van der Waals surface area contributed by atoms with Gasteiger partial charge in [0, 0.05) is 25.5 Å². The molecule has 0 unspecified atom stereocenters. The zero-order valence-electron chi connectivity index (χ0n) is 10.4. The molecule has 0 aliphatic rings. The van der Waals surface area contributed by atoms with Crippen LogP contribution >= 0.6 is 11.6 Å². The Labute approximate surface area is 112 Å². The summed E-state index contributed by atoms with van der Waals surface area (Å²) in [5, 5.41) is 0.543. The van der Waals surface area contributed by atoms with Crippen LogP contribution in [-0.2, 0) is 13.1 Å². The summed E-state index contributed by atoms with van der Waals surface area (Å²) in [6.07, 6.45) is 3.57. The molecule has 0 aliphatic carbocycles. The summed E-state index contributed by atoms with van der Waals surface area (Å²) in [4.78, 5) is 10.7. The van der Waals surface area contributed by atoms with Gasteiger partial charge in [0.05, 0.1) is 5.69 Å². The van der Waals surface area contributed by atoms with Gasteiger partial charge < -0.3 is 0 Å². The van der Waals surface area contributed by atoms with Crippen molar-refractivity contribution in [3.63, 3.8) is 0 Å². The number of hydrogen-bond acceptors (Lipinski definition) is 3. The smallest absolute Gasteiger partial charge is 0.129 e. The average Bonchev–Trinajstić information content (AvgIpc) is 2.39. The van der Waals surface area contributed by atoms with Crippen LogP contribution < -0.4 is 0 Å². The van der Waals surface area contributed by atoms with Crippen molar-refractivity contribution in [1.29, 1.82) is 0 Å². The molecule has 94 valence electrons. The van der Waals surface area contributed by atoms with Crippen LogP contribution in [0.4, 0.5) is 0 Å². The van der Waals surface area contributed by atoms with E-state index in [0.29, 0.717) is 5.15 Å². The van der Waals surface area contributed by atoms with Crippen molar-refractivity contribution in [2.24, 2.45) is 0 Å². The lowest BCUT2D eigenvalue weighted by Gasteiger charge is -2.19. The molecule has 2 aromatic rings. The third-order valence-corrected chi connectivity index (χ3v) is 2.96. The first-order valence-corrected chi connectivity index (χ1v) is 6.38. The van der Waals surface area contributed by atoms with E-state index in [-0.39, 0.29) is 0 Å². The Morgan fingerprint density at radius 1 is 1.11 bits per heavy atom. The maximum atomic E-state index is 5.89. The summed E-state index contributed by atoms with van der Waals surface area (Å²) in [5.41, 5.74) is 2.26. The molecule has 0 bridgehead atoms. The van der Waals surface area contributed by atoms with Crippen molar-refractivity contribution in [3.05, 3.63) is 59.1 Å². The largest absolute Gasteiger partial charge is 0.294 e. The molecule has 0 radical (unpaired) electrons. The van der Waals surface area contributed by atoms with Crippen LogP contribution in [0.15, 0.2) is 42.7 Å². The molecule has 2 heterocycles. The van der Waals surface area contributed by atoms with E-state index in [4.69, 9.17) is 11.6 Å². The Kier molecular flexibility index (Phi) is 4.67. The van der Waals surface area contributed by atoms with Gasteiger partial charge in [0.2, 0.25) is 0 Å². The number of halogens is 1. The lowest BCUT2D eigenvalue weighted by molar-refractivity contribution is 0.268. The van der Waals surface area contributed by atoms with Crippen LogP contribution in [0, 0.1) is 0 Å². The highest BCUT2D eigenvalue weighted by Gasteiger charge is 2.06. The van der Waals surface area contributed by atoms with E-state index in [9.17, 15) is 0 Å². The lowest BCUT2D eigenvalue weighted by Crippen LogP contribution is -2.22. The molecule has 0 spiro atoms. The van der Waals surface area contributed by atoms with Gasteiger partial charge in [0.1, 0.15) is 5.15 Å². The molecule has 0 aliphatic heterocycles. The summed E-state index contributed by atoms with van der Waals surface area (Å²) in [6.45, 7) is 4.81. The molecule has 0 N–H and O–H groups in total. The number of pyridine rings is 2. The first-order valence-electron chi connectivity index (χ1n) is 6.00. The maximum absolute atomic E-state index is 5.89. The van der Waals surface area contributed by atoms with Gasteiger partial charge in [-0.05, 0) is 36.4 Å². The van der Waals surface area contributed by atoms with E-state index < -0.39 is 0 Å². The number of nitrogens with zero attached hydrogens (tertiary/aromatic N) is 3. The topological polar surface area (TPSA) is 29.0 Å². The van der Waals surface area contributed by atoms with E-state index in [1.807, 2.05) is 36.5 Å². The van der Waals surface area contributed by atoms with Gasteiger partial charge in [-0.15, -0.1) is 0 Å². The normalized spacial score (nSPS) is 10.8. The van der Waals surface area contributed by atoms with Crippen LogP contribution in [0.2, 0.25) is 5.15 Å². The van der Waals surface area contributed by atoms with E-state index in [2.05, 4.69) is 21.8 Å². The zero-order chi connectivity index (χ0) is 12.8. The average molecular weight is 262 g/mol. The fourth-order valence-corrected chi connectivity index (χ4v) is 2.00. The number of rotatable bonds is 5. The molecule has 3 nitrogen and oxygen atoms in total. The van der Waals surface area contributed by atoms with E-state index in [0.717, 1.165) is 25.3 Å². The predicted octanol–water partition coefficient (Wildman–Crippen LogP) is 3.15. The quantitative estimate of drug-likeness (QED) is 0.775. The highest BCUT2D eigenvalue weighted by Crippen LogP contribution is 2.11. The minimum Gasteiger partial charge on any atom is -0.294 e. The summed E-state index contributed by atoms with van der Waals surface area (Å²) in [6, 6.07) is 9.89. The molecular weight excluding hydrogens is 246 g/mol. The predicted molar refractivity (Wildman–Crippen MR) is 73.3 cm³/mol. The molecule has 2 rings (SSSR count). The fraction of sp³-hybridized carbons (Fsp3) is 0.286. The van der Waals surface area contributed by atoms with Crippen LogP contribution in [0.25, 0.3) is 0 Å². The Hall–Kier alpha value is -1.45. The highest BCUT2D eigenvalue weighted by atomic mass is 35.5. The summed E-state index contributed by atoms with van der Waals surface area (Å²) in [7, 11) is 0. The standard InChI is InChI=1S/C14H16ClN3/c1-2-18(11-13-5-3-4-7-16-13)10-12-6-8-17-14(15)9-12/h3-9H,2,10-11H2,1H3. The maximum Gasteiger partial charge on any atom is 0.129 e. The molecule has 0 amide bonds. The van der Waals surface area contributed by atoms with Crippen LogP contribution in [0.1, 0.15) is 18.2 Å². The second kappa shape index (κ2) is 6.47. The number of aromatic nitrogens is 2. The molecule has 2 aromatic heterocycles. The Morgan fingerprint density at radius 3 is 2.67 bits per heavy atom. The molecule has 0 fully saturated rings. The van der Waals surface area contributed by atoms with Crippen LogP contribution in [0.5, 0.6) is 0 Å². The minimum atomic E-state index is 0.543. The molecule has 4 heteroatoms. The Bertz CT molecular complexity index is 487. The van der Waals surface area contributed by atoms with Gasteiger partial charge in [-0.1, -0.05) is 24.6 Å². The second-order valence-electron chi connectivity index (χ2n) is 4.11. The molecule has 18 heavy (non-hydrogen) atoms. The molecule has 0 aromatic carbocycles. The van der Waals surface area contributed by atoms with E-state index in [1.165, 1.54) is 5.56 Å². The monoisotopic (exact) mass is 261 g/mol. The summed E-state index contributed by atoms with van der Waals surface area (Å²) in [5.74, 6) is 0. The molecule has 0 saturated heterocycles. The highest BCUT2D eigenvalue weighted by molar-refractivity contribution is 6.29. The number of hydrogen-bond donors (Lipinski definition) is 0. The van der Waals surface area contributed by atoms with Crippen LogP contribution in [-0.4, -0.2) is 21.4 Å². The van der Waals surface area contributed by atoms with Gasteiger partial charge in [-0.2, -0.15) is 0 Å². The zero-order valence-corrected chi connectivity index (χ0v) is 11.1. The third kappa shape index (κ3) is 3.79. The first-order chi connectivity index (χ1) is 8.78. The van der Waals surface area contributed by atoms with E-state index in [1.54, 1.807) is 6.20 Å².